The zero-order valence-corrected chi connectivity index (χ0v) is 23.4. The van der Waals surface area contributed by atoms with Crippen LogP contribution in [0.15, 0.2) is 76.8 Å². The number of oxime groups is 1. The van der Waals surface area contributed by atoms with E-state index in [4.69, 9.17) is 25.9 Å². The van der Waals surface area contributed by atoms with E-state index in [1.807, 2.05) is 12.1 Å². The van der Waals surface area contributed by atoms with Crippen molar-refractivity contribution in [3.63, 3.8) is 0 Å². The van der Waals surface area contributed by atoms with Gasteiger partial charge in [-0.2, -0.15) is 17.9 Å². The third kappa shape index (κ3) is 9.23. The van der Waals surface area contributed by atoms with Crippen LogP contribution in [-0.4, -0.2) is 72.9 Å². The molecule has 0 radical (unpaired) electrons. The second-order valence-electron chi connectivity index (χ2n) is 9.29. The summed E-state index contributed by atoms with van der Waals surface area (Å²) in [6, 6.07) is 17.0. The Bertz CT molecular complexity index is 1700. The molecule has 0 fully saturated rings. The molecule has 1 aliphatic rings. The van der Waals surface area contributed by atoms with Gasteiger partial charge in [0.1, 0.15) is 18.0 Å². The molecule has 3 aromatic carbocycles. The maximum absolute atomic E-state index is 12.8. The van der Waals surface area contributed by atoms with E-state index in [1.54, 1.807) is 42.5 Å². The molecule has 13 nitrogen and oxygen atoms in total. The number of carboxylic acid groups (broad SMARTS) is 2. The maximum Gasteiger partial charge on any atom is 0.490 e. The number of nitrogens with zero attached hydrogens (tertiary/aromatic N) is 1. The summed E-state index contributed by atoms with van der Waals surface area (Å²) in [7, 11) is -4.16. The summed E-state index contributed by atoms with van der Waals surface area (Å²) in [6.45, 7) is -0.450. The Morgan fingerprint density at radius 1 is 1.05 bits per heavy atom. The number of alkyl halides is 3. The van der Waals surface area contributed by atoms with Gasteiger partial charge in [-0.3, -0.25) is 15.0 Å². The Kier molecular flexibility index (Phi) is 10.6. The zero-order chi connectivity index (χ0) is 32.7. The number of amides is 1. The number of hydrogen-bond donors (Lipinski definition) is 6. The van der Waals surface area contributed by atoms with E-state index < -0.39 is 52.7 Å². The van der Waals surface area contributed by atoms with Gasteiger partial charge in [-0.05, 0) is 28.5 Å². The predicted molar refractivity (Wildman–Crippen MR) is 150 cm³/mol. The first-order valence-corrected chi connectivity index (χ1v) is 14.0. The van der Waals surface area contributed by atoms with E-state index >= 15 is 0 Å². The third-order valence-electron chi connectivity index (χ3n) is 6.05. The molecular weight excluding hydrogens is 611 g/mol. The number of halogens is 3. The number of carboxylic acids is 2. The predicted octanol–water partition coefficient (Wildman–Crippen LogP) is 2.19. The Balaban J connectivity index is 0.000000676. The van der Waals surface area contributed by atoms with Gasteiger partial charge in [0.25, 0.3) is 0 Å². The number of hydrogen-bond acceptors (Lipinski definition) is 8. The number of nitrogen functional groups attached to an aromatic ring is 1. The monoisotopic (exact) mass is 637 g/mol. The van der Waals surface area contributed by atoms with Crippen molar-refractivity contribution < 1.29 is 51.0 Å². The first kappa shape index (κ1) is 33.5. The van der Waals surface area contributed by atoms with E-state index in [1.165, 1.54) is 12.1 Å². The lowest BCUT2D eigenvalue weighted by molar-refractivity contribution is -0.192. The molecule has 0 aliphatic carbocycles. The molecule has 0 saturated carbocycles. The largest absolute Gasteiger partial charge is 0.490 e. The van der Waals surface area contributed by atoms with Gasteiger partial charge >= 0.3 is 18.1 Å². The number of rotatable bonds is 10. The van der Waals surface area contributed by atoms with Crippen molar-refractivity contribution in [2.75, 3.05) is 6.54 Å². The normalized spacial score (nSPS) is 15.2. The molecule has 1 aliphatic heterocycles. The van der Waals surface area contributed by atoms with E-state index in [2.05, 4.69) is 15.2 Å². The van der Waals surface area contributed by atoms with Crippen LogP contribution in [0, 0.1) is 5.41 Å². The number of nitrogens with two attached hydrogens (primary N) is 1. The van der Waals surface area contributed by atoms with Gasteiger partial charge in [0, 0.05) is 18.5 Å². The van der Waals surface area contributed by atoms with Crippen LogP contribution < -0.4 is 15.8 Å². The minimum absolute atomic E-state index is 0.0510. The van der Waals surface area contributed by atoms with Crippen molar-refractivity contribution >= 4 is 50.2 Å². The molecule has 0 bridgehead atoms. The summed E-state index contributed by atoms with van der Waals surface area (Å²) in [6.07, 6.45) is -5.38. The molecule has 17 heteroatoms. The van der Waals surface area contributed by atoms with Crippen molar-refractivity contribution in [2.45, 2.75) is 36.1 Å². The van der Waals surface area contributed by atoms with Gasteiger partial charge in [0.15, 0.2) is 0 Å². The van der Waals surface area contributed by atoms with Gasteiger partial charge < -0.3 is 26.1 Å². The molecule has 0 spiro atoms. The van der Waals surface area contributed by atoms with Crippen LogP contribution >= 0.6 is 0 Å². The summed E-state index contributed by atoms with van der Waals surface area (Å²) < 4.78 is 59.5. The van der Waals surface area contributed by atoms with Gasteiger partial charge in [0.05, 0.1) is 17.0 Å². The van der Waals surface area contributed by atoms with Gasteiger partial charge in [-0.1, -0.05) is 59.8 Å². The fourth-order valence-electron chi connectivity index (χ4n) is 3.81. The van der Waals surface area contributed by atoms with E-state index in [-0.39, 0.29) is 17.2 Å². The topological polar surface area (TPSA) is 221 Å². The fourth-order valence-corrected chi connectivity index (χ4v) is 5.04. The highest BCUT2D eigenvalue weighted by Gasteiger charge is 2.38. The van der Waals surface area contributed by atoms with Gasteiger partial charge in [0.2, 0.25) is 15.9 Å². The fraction of sp³-hybridized carbons (Fsp3) is 0.222. The van der Waals surface area contributed by atoms with Crippen molar-refractivity contribution in [2.24, 2.45) is 10.9 Å². The van der Waals surface area contributed by atoms with Crippen LogP contribution in [0.1, 0.15) is 24.0 Å². The standard InChI is InChI=1S/C25H25N5O6S.C2HF3O2/c26-24(27)17-7-5-16(6-8-17)21-12-19(36-29-21)13-23(31)28-14-22(25(32)33)30-37(34,35)20-10-9-15-3-1-2-4-18(15)11-20;3-2(4,5)1(6)7/h1-11,19,22,30H,12-14H2,(H3,26,27)(H,28,31)(H,32,33);(H,6,7)/t19?,22-;/m0./s1. The highest BCUT2D eigenvalue weighted by atomic mass is 32.2. The number of carbonyl (C=O) groups is 3. The second-order valence-corrected chi connectivity index (χ2v) is 11.0. The smallest absolute Gasteiger partial charge is 0.480 e. The lowest BCUT2D eigenvalue weighted by Gasteiger charge is -2.16. The average Bonchev–Trinajstić information content (AvgIpc) is 3.43. The highest BCUT2D eigenvalue weighted by Crippen LogP contribution is 2.21. The third-order valence-corrected chi connectivity index (χ3v) is 7.52. The highest BCUT2D eigenvalue weighted by molar-refractivity contribution is 7.89. The zero-order valence-electron chi connectivity index (χ0n) is 22.5. The number of aliphatic carboxylic acids is 2. The molecule has 3 aromatic rings. The summed E-state index contributed by atoms with van der Waals surface area (Å²) in [5.74, 6) is -4.75. The number of fused-ring (bicyclic) bond motifs is 1. The van der Waals surface area contributed by atoms with Crippen LogP contribution in [0.5, 0.6) is 0 Å². The van der Waals surface area contributed by atoms with Crippen LogP contribution in [0.2, 0.25) is 0 Å². The Labute approximate surface area is 248 Å². The lowest BCUT2D eigenvalue weighted by Crippen LogP contribution is -2.48. The molecule has 7 N–H and O–H groups in total. The molecule has 234 valence electrons. The molecule has 0 aromatic heterocycles. The molecular formula is C27H26F3N5O8S. The number of benzene rings is 3. The molecule has 1 heterocycles. The average molecular weight is 638 g/mol. The Morgan fingerprint density at radius 2 is 1.66 bits per heavy atom. The SMILES string of the molecule is N=C(N)c1ccc(C2=NOC(CC(=O)NC[C@H](NS(=O)(=O)c3ccc4ccccc4c3)C(=O)O)C2)cc1.O=C(O)C(F)(F)F. The van der Waals surface area contributed by atoms with Gasteiger partial charge in [-0.25, -0.2) is 13.2 Å². The van der Waals surface area contributed by atoms with E-state index in [0.717, 1.165) is 10.9 Å². The molecule has 0 saturated heterocycles. The molecule has 2 atom stereocenters. The first-order valence-electron chi connectivity index (χ1n) is 12.5. The van der Waals surface area contributed by atoms with Crippen LogP contribution in [-0.2, 0) is 29.2 Å². The first-order chi connectivity index (χ1) is 20.6. The van der Waals surface area contributed by atoms with Crippen molar-refractivity contribution in [3.8, 4) is 0 Å². The number of amidine groups is 1. The van der Waals surface area contributed by atoms with Crippen molar-refractivity contribution in [1.82, 2.24) is 10.0 Å². The quantitative estimate of drug-likeness (QED) is 0.141. The summed E-state index contributed by atoms with van der Waals surface area (Å²) >= 11 is 0. The lowest BCUT2D eigenvalue weighted by atomic mass is 10.0. The maximum atomic E-state index is 12.8. The molecule has 1 unspecified atom stereocenters. The van der Waals surface area contributed by atoms with E-state index in [9.17, 15) is 36.3 Å². The van der Waals surface area contributed by atoms with Crippen molar-refractivity contribution in [3.05, 3.63) is 77.9 Å². The Morgan fingerprint density at radius 3 is 2.23 bits per heavy atom. The second kappa shape index (κ2) is 14.0. The minimum Gasteiger partial charge on any atom is -0.480 e. The van der Waals surface area contributed by atoms with Crippen LogP contribution in [0.4, 0.5) is 13.2 Å². The minimum atomic E-state index is -5.08. The van der Waals surface area contributed by atoms with Gasteiger partial charge in [-0.15, -0.1) is 0 Å². The van der Waals surface area contributed by atoms with Crippen LogP contribution in [0.25, 0.3) is 10.8 Å². The molecule has 1 amide bonds. The van der Waals surface area contributed by atoms with E-state index in [0.29, 0.717) is 23.1 Å². The Hall–Kier alpha value is -5.03. The number of nitrogens with one attached hydrogen (secondary N) is 3. The molecule has 44 heavy (non-hydrogen) atoms. The van der Waals surface area contributed by atoms with Crippen LogP contribution in [0.3, 0.4) is 0 Å². The summed E-state index contributed by atoms with van der Waals surface area (Å²) in [5, 5.41) is 32.1. The summed E-state index contributed by atoms with van der Waals surface area (Å²) in [4.78, 5) is 38.3. The summed E-state index contributed by atoms with van der Waals surface area (Å²) in [5.41, 5.74) is 7.42. The molecule has 4 rings (SSSR count). The number of carbonyl (C=O) groups excluding carboxylic acids is 1. The number of sulfonamides is 1. The van der Waals surface area contributed by atoms with Crippen molar-refractivity contribution in [1.29, 1.82) is 5.41 Å².